The van der Waals surface area contributed by atoms with Gasteiger partial charge >= 0.3 is 5.97 Å². The first-order valence-corrected chi connectivity index (χ1v) is 6.19. The molecule has 0 fully saturated rings. The molecule has 0 saturated carbocycles. The molecule has 0 amide bonds. The number of rotatable bonds is 3. The van der Waals surface area contributed by atoms with E-state index in [1.165, 1.54) is 23.1 Å². The zero-order chi connectivity index (χ0) is 12.4. The largest absolute Gasteiger partial charge is 0.481 e. The van der Waals surface area contributed by atoms with E-state index in [2.05, 4.69) is 6.92 Å². The highest BCUT2D eigenvalue weighted by Gasteiger charge is 2.24. The number of aryl methyl sites for hydroxylation is 1. The number of nitrogens with two attached hydrogens (primary N) is 1. The highest BCUT2D eigenvalue weighted by molar-refractivity contribution is 5.77. The molecule has 2 rings (SSSR count). The monoisotopic (exact) mass is 233 g/mol. The molecule has 1 aliphatic carbocycles. The lowest BCUT2D eigenvalue weighted by Gasteiger charge is -2.24. The van der Waals surface area contributed by atoms with E-state index in [-0.39, 0.29) is 6.54 Å². The van der Waals surface area contributed by atoms with Crippen molar-refractivity contribution in [1.82, 2.24) is 0 Å². The first kappa shape index (κ1) is 12.1. The van der Waals surface area contributed by atoms with Gasteiger partial charge in [-0.25, -0.2) is 0 Å². The Bertz CT molecular complexity index is 440. The minimum absolute atomic E-state index is 0.171. The predicted molar refractivity (Wildman–Crippen MR) is 67.3 cm³/mol. The van der Waals surface area contributed by atoms with E-state index in [0.29, 0.717) is 0 Å². The molecule has 3 N–H and O–H groups in total. The second-order valence-electron chi connectivity index (χ2n) is 4.76. The van der Waals surface area contributed by atoms with Crippen molar-refractivity contribution in [3.63, 3.8) is 0 Å². The molecule has 92 valence electrons. The first-order valence-electron chi connectivity index (χ1n) is 6.19. The molecule has 1 aliphatic rings. The third kappa shape index (κ3) is 2.20. The summed E-state index contributed by atoms with van der Waals surface area (Å²) in [7, 11) is 0. The summed E-state index contributed by atoms with van der Waals surface area (Å²) in [5.41, 5.74) is 10.4. The summed E-state index contributed by atoms with van der Waals surface area (Å²) in [4.78, 5) is 11.2. The lowest BCUT2D eigenvalue weighted by molar-refractivity contribution is -0.138. The fraction of sp³-hybridized carbons (Fsp3) is 0.500. The van der Waals surface area contributed by atoms with Crippen molar-refractivity contribution in [3.8, 4) is 0 Å². The normalized spacial score (nSPS) is 16.4. The average Bonchev–Trinajstić information content (AvgIpc) is 2.33. The molecular formula is C14H19NO2. The maximum atomic E-state index is 11.2. The Labute approximate surface area is 102 Å². The number of carboxylic acid groups (broad SMARTS) is 1. The third-order valence-corrected chi connectivity index (χ3v) is 3.71. The van der Waals surface area contributed by atoms with Crippen molar-refractivity contribution in [2.45, 2.75) is 38.5 Å². The van der Waals surface area contributed by atoms with Crippen LogP contribution in [0.2, 0.25) is 0 Å². The third-order valence-electron chi connectivity index (χ3n) is 3.71. The lowest BCUT2D eigenvalue weighted by Crippen LogP contribution is -2.23. The van der Waals surface area contributed by atoms with E-state index in [1.54, 1.807) is 0 Å². The summed E-state index contributed by atoms with van der Waals surface area (Å²) < 4.78 is 0. The zero-order valence-electron chi connectivity index (χ0n) is 10.2. The Morgan fingerprint density at radius 3 is 2.59 bits per heavy atom. The SMILES string of the molecule is Cc1ccc(C(CN)C(=O)O)c2c1CCCC2. The van der Waals surface area contributed by atoms with Gasteiger partial charge in [0.05, 0.1) is 5.92 Å². The van der Waals surface area contributed by atoms with Crippen molar-refractivity contribution in [1.29, 1.82) is 0 Å². The van der Waals surface area contributed by atoms with Crippen molar-refractivity contribution < 1.29 is 9.90 Å². The predicted octanol–water partition coefficient (Wildman–Crippen LogP) is 2.00. The number of carbonyl (C=O) groups is 1. The Balaban J connectivity index is 2.51. The van der Waals surface area contributed by atoms with Crippen molar-refractivity contribution in [2.75, 3.05) is 6.54 Å². The van der Waals surface area contributed by atoms with Gasteiger partial charge in [-0.2, -0.15) is 0 Å². The van der Waals surface area contributed by atoms with Crippen LogP contribution in [0, 0.1) is 6.92 Å². The molecule has 0 heterocycles. The maximum absolute atomic E-state index is 11.2. The van der Waals surface area contributed by atoms with Gasteiger partial charge in [-0.05, 0) is 54.9 Å². The van der Waals surface area contributed by atoms with Gasteiger partial charge < -0.3 is 10.8 Å². The summed E-state index contributed by atoms with van der Waals surface area (Å²) >= 11 is 0. The van der Waals surface area contributed by atoms with Gasteiger partial charge in [-0.15, -0.1) is 0 Å². The summed E-state index contributed by atoms with van der Waals surface area (Å²) in [5, 5.41) is 9.22. The fourth-order valence-electron chi connectivity index (χ4n) is 2.76. The molecule has 17 heavy (non-hydrogen) atoms. The van der Waals surface area contributed by atoms with E-state index in [4.69, 9.17) is 5.73 Å². The van der Waals surface area contributed by atoms with Crippen LogP contribution in [0.1, 0.15) is 41.0 Å². The molecule has 0 aliphatic heterocycles. The maximum Gasteiger partial charge on any atom is 0.312 e. The van der Waals surface area contributed by atoms with Crippen LogP contribution in [-0.4, -0.2) is 17.6 Å². The van der Waals surface area contributed by atoms with Crippen LogP contribution in [0.4, 0.5) is 0 Å². The number of benzene rings is 1. The summed E-state index contributed by atoms with van der Waals surface area (Å²) in [6.07, 6.45) is 4.43. The summed E-state index contributed by atoms with van der Waals surface area (Å²) in [6, 6.07) is 3.98. The second-order valence-corrected chi connectivity index (χ2v) is 4.76. The number of aliphatic carboxylic acids is 1. The molecule has 0 saturated heterocycles. The quantitative estimate of drug-likeness (QED) is 0.839. The van der Waals surface area contributed by atoms with Crippen molar-refractivity contribution in [2.24, 2.45) is 5.73 Å². The molecule has 1 atom stereocenters. The summed E-state index contributed by atoms with van der Waals surface area (Å²) in [5.74, 6) is -1.37. The van der Waals surface area contributed by atoms with Crippen LogP contribution >= 0.6 is 0 Å². The molecule has 0 aromatic heterocycles. The van der Waals surface area contributed by atoms with Gasteiger partial charge in [0.25, 0.3) is 0 Å². The van der Waals surface area contributed by atoms with Gasteiger partial charge in [0.15, 0.2) is 0 Å². The van der Waals surface area contributed by atoms with Gasteiger partial charge in [-0.1, -0.05) is 12.1 Å². The Kier molecular flexibility index (Phi) is 3.48. The highest BCUT2D eigenvalue weighted by Crippen LogP contribution is 2.31. The van der Waals surface area contributed by atoms with Gasteiger partial charge in [0, 0.05) is 6.54 Å². The molecular weight excluding hydrogens is 214 g/mol. The van der Waals surface area contributed by atoms with Crippen LogP contribution < -0.4 is 5.73 Å². The zero-order valence-corrected chi connectivity index (χ0v) is 10.2. The highest BCUT2D eigenvalue weighted by atomic mass is 16.4. The minimum atomic E-state index is -0.816. The topological polar surface area (TPSA) is 63.3 Å². The Morgan fingerprint density at radius 2 is 2.00 bits per heavy atom. The Morgan fingerprint density at radius 1 is 1.35 bits per heavy atom. The molecule has 0 bridgehead atoms. The van der Waals surface area contributed by atoms with E-state index in [9.17, 15) is 9.90 Å². The van der Waals surface area contributed by atoms with Gasteiger partial charge in [0.1, 0.15) is 0 Å². The summed E-state index contributed by atoms with van der Waals surface area (Å²) in [6.45, 7) is 2.27. The fourth-order valence-corrected chi connectivity index (χ4v) is 2.76. The number of fused-ring (bicyclic) bond motifs is 1. The van der Waals surface area contributed by atoms with E-state index >= 15 is 0 Å². The molecule has 0 radical (unpaired) electrons. The van der Waals surface area contributed by atoms with Crippen LogP contribution in [0.15, 0.2) is 12.1 Å². The number of hydrogen-bond donors (Lipinski definition) is 2. The molecule has 3 nitrogen and oxygen atoms in total. The van der Waals surface area contributed by atoms with Crippen molar-refractivity contribution >= 4 is 5.97 Å². The first-order chi connectivity index (χ1) is 8.15. The second kappa shape index (κ2) is 4.88. The number of hydrogen-bond acceptors (Lipinski definition) is 2. The smallest absolute Gasteiger partial charge is 0.312 e. The molecule has 1 aromatic carbocycles. The number of carboxylic acids is 1. The molecule has 1 aromatic rings. The lowest BCUT2D eigenvalue weighted by atomic mass is 9.81. The Hall–Kier alpha value is -1.35. The standard InChI is InChI=1S/C14H19NO2/c1-9-6-7-12(13(8-15)14(16)17)11-5-3-2-4-10(9)11/h6-7,13H,2-5,8,15H2,1H3,(H,16,17). The van der Waals surface area contributed by atoms with Crippen molar-refractivity contribution in [3.05, 3.63) is 34.4 Å². The minimum Gasteiger partial charge on any atom is -0.481 e. The molecule has 3 heteroatoms. The van der Waals surface area contributed by atoms with Crippen LogP contribution in [-0.2, 0) is 17.6 Å². The van der Waals surface area contributed by atoms with E-state index < -0.39 is 11.9 Å². The van der Waals surface area contributed by atoms with Gasteiger partial charge in [0.2, 0.25) is 0 Å². The van der Waals surface area contributed by atoms with Crippen LogP contribution in [0.25, 0.3) is 0 Å². The van der Waals surface area contributed by atoms with Crippen LogP contribution in [0.3, 0.4) is 0 Å². The van der Waals surface area contributed by atoms with E-state index in [1.807, 2.05) is 12.1 Å². The van der Waals surface area contributed by atoms with Crippen LogP contribution in [0.5, 0.6) is 0 Å². The van der Waals surface area contributed by atoms with Gasteiger partial charge in [-0.3, -0.25) is 4.79 Å². The molecule has 1 unspecified atom stereocenters. The average molecular weight is 233 g/mol. The molecule has 0 spiro atoms. The van der Waals surface area contributed by atoms with E-state index in [0.717, 1.165) is 24.8 Å².